The number of ether oxygens (including phenoxy) is 2. The van der Waals surface area contributed by atoms with Crippen LogP contribution < -0.4 is 5.32 Å². The van der Waals surface area contributed by atoms with Crippen molar-refractivity contribution in [1.82, 2.24) is 15.1 Å². The van der Waals surface area contributed by atoms with Gasteiger partial charge in [-0.15, -0.1) is 0 Å². The van der Waals surface area contributed by atoms with E-state index in [4.69, 9.17) is 9.47 Å². The van der Waals surface area contributed by atoms with Gasteiger partial charge in [0.25, 0.3) is 0 Å². The molecule has 0 aromatic heterocycles. The second-order valence-corrected chi connectivity index (χ2v) is 9.23. The number of esters is 1. The van der Waals surface area contributed by atoms with Crippen LogP contribution in [0.3, 0.4) is 0 Å². The van der Waals surface area contributed by atoms with E-state index in [2.05, 4.69) is 31.1 Å². The van der Waals surface area contributed by atoms with Gasteiger partial charge in [-0.2, -0.15) is 0 Å². The Morgan fingerprint density at radius 2 is 1.88 bits per heavy atom. The second-order valence-electron chi connectivity index (χ2n) is 9.23. The van der Waals surface area contributed by atoms with Crippen molar-refractivity contribution < 1.29 is 23.9 Å². The molecule has 2 amide bonds. The Bertz CT molecular complexity index is 816. The molecule has 1 aliphatic carbocycles. The molecule has 1 heterocycles. The highest BCUT2D eigenvalue weighted by atomic mass is 16.5. The molecule has 0 spiro atoms. The van der Waals surface area contributed by atoms with Gasteiger partial charge in [-0.3, -0.25) is 9.59 Å². The molecule has 1 N–H and O–H groups in total. The summed E-state index contributed by atoms with van der Waals surface area (Å²) >= 11 is 0. The minimum atomic E-state index is -0.632. The van der Waals surface area contributed by atoms with E-state index in [0.29, 0.717) is 32.0 Å². The van der Waals surface area contributed by atoms with Crippen molar-refractivity contribution in [3.63, 3.8) is 0 Å². The van der Waals surface area contributed by atoms with Crippen molar-refractivity contribution in [2.24, 2.45) is 5.92 Å². The molecule has 8 nitrogen and oxygen atoms in total. The Morgan fingerprint density at radius 3 is 2.55 bits per heavy atom. The molecule has 2 fully saturated rings. The number of hydrogen-bond donors (Lipinski definition) is 1. The minimum absolute atomic E-state index is 0.148. The minimum Gasteiger partial charge on any atom is -0.466 e. The third-order valence-electron chi connectivity index (χ3n) is 6.91. The van der Waals surface area contributed by atoms with Crippen LogP contribution >= 0.6 is 0 Å². The number of nitrogens with zero attached hydrogens (tertiary/aromatic N) is 2. The molecule has 4 atom stereocenters. The molecular weight excluding hydrogens is 422 g/mol. The molecule has 3 rings (SSSR count). The van der Waals surface area contributed by atoms with Crippen LogP contribution in [-0.4, -0.2) is 72.1 Å². The van der Waals surface area contributed by atoms with Crippen LogP contribution in [0.25, 0.3) is 0 Å². The summed E-state index contributed by atoms with van der Waals surface area (Å²) in [6.07, 6.45) is 2.21. The van der Waals surface area contributed by atoms with Crippen molar-refractivity contribution >= 4 is 18.0 Å². The summed E-state index contributed by atoms with van der Waals surface area (Å²) in [6, 6.07) is 9.20. The lowest BCUT2D eigenvalue weighted by Gasteiger charge is -2.43. The Labute approximate surface area is 196 Å². The van der Waals surface area contributed by atoms with Gasteiger partial charge in [0, 0.05) is 24.7 Å². The zero-order valence-corrected chi connectivity index (χ0v) is 20.2. The first-order valence-electron chi connectivity index (χ1n) is 12.0. The first-order valence-corrected chi connectivity index (χ1v) is 12.0. The van der Waals surface area contributed by atoms with Crippen molar-refractivity contribution in [2.45, 2.75) is 77.2 Å². The number of hydrogen-bond acceptors (Lipinski definition) is 6. The van der Waals surface area contributed by atoms with Gasteiger partial charge in [0.15, 0.2) is 0 Å². The van der Waals surface area contributed by atoms with Crippen molar-refractivity contribution in [3.8, 4) is 0 Å². The fraction of sp³-hybridized carbons (Fsp3) is 0.640. The van der Waals surface area contributed by atoms with Crippen LogP contribution in [0.4, 0.5) is 4.79 Å². The molecule has 33 heavy (non-hydrogen) atoms. The van der Waals surface area contributed by atoms with E-state index in [1.165, 1.54) is 0 Å². The number of carbonyl (C=O) groups is 3. The molecule has 1 aromatic rings. The van der Waals surface area contributed by atoms with Crippen LogP contribution in [0.2, 0.25) is 0 Å². The molecule has 1 saturated carbocycles. The van der Waals surface area contributed by atoms with Crippen LogP contribution in [0, 0.1) is 5.92 Å². The van der Waals surface area contributed by atoms with E-state index in [1.54, 1.807) is 11.8 Å². The topological polar surface area (TPSA) is 88.2 Å². The Kier molecular flexibility index (Phi) is 8.72. The maximum Gasteiger partial charge on any atom is 0.408 e. The van der Waals surface area contributed by atoms with E-state index in [-0.39, 0.29) is 36.5 Å². The predicted octanol–water partition coefficient (Wildman–Crippen LogP) is 2.95. The van der Waals surface area contributed by atoms with Gasteiger partial charge in [0.05, 0.1) is 12.5 Å². The van der Waals surface area contributed by atoms with Crippen LogP contribution in [0.5, 0.6) is 0 Å². The first kappa shape index (κ1) is 25.0. The predicted molar refractivity (Wildman–Crippen MR) is 124 cm³/mol. The normalized spacial score (nSPS) is 25.4. The van der Waals surface area contributed by atoms with E-state index in [0.717, 1.165) is 18.4 Å². The maximum atomic E-state index is 13.2. The smallest absolute Gasteiger partial charge is 0.408 e. The van der Waals surface area contributed by atoms with Crippen LogP contribution in [0.15, 0.2) is 30.3 Å². The standard InChI is InChI=1S/C25H37N3O5/c1-5-32-24(30)20-15-19(27(4)17(2)3)11-12-22(20)28-14-13-21(23(28)29)26-25(31)33-16-18-9-7-6-8-10-18/h6-10,17,19-22H,5,11-16H2,1-4H3,(H,26,31)/t19-,20-,21+,22?/m1/s1. The lowest BCUT2D eigenvalue weighted by molar-refractivity contribution is -0.154. The largest absolute Gasteiger partial charge is 0.466 e. The van der Waals surface area contributed by atoms with Gasteiger partial charge in [-0.05, 0) is 59.1 Å². The molecular formula is C25H37N3O5. The lowest BCUT2D eigenvalue weighted by Crippen LogP contribution is -2.53. The lowest BCUT2D eigenvalue weighted by atomic mass is 9.80. The van der Waals surface area contributed by atoms with Gasteiger partial charge in [0.1, 0.15) is 12.6 Å². The fourth-order valence-corrected chi connectivity index (χ4v) is 4.87. The Hall–Kier alpha value is -2.61. The highest BCUT2D eigenvalue weighted by Crippen LogP contribution is 2.34. The second kappa shape index (κ2) is 11.5. The van der Waals surface area contributed by atoms with Crippen molar-refractivity contribution in [3.05, 3.63) is 35.9 Å². The van der Waals surface area contributed by atoms with Gasteiger partial charge in [0.2, 0.25) is 5.91 Å². The highest BCUT2D eigenvalue weighted by molar-refractivity contribution is 5.88. The van der Waals surface area contributed by atoms with E-state index < -0.39 is 12.1 Å². The number of alkyl carbamates (subject to hydrolysis) is 1. The molecule has 1 unspecified atom stereocenters. The summed E-state index contributed by atoms with van der Waals surface area (Å²) in [6.45, 7) is 7.06. The van der Waals surface area contributed by atoms with Crippen LogP contribution in [-0.2, 0) is 25.7 Å². The number of nitrogens with one attached hydrogen (secondary N) is 1. The van der Waals surface area contributed by atoms with Gasteiger partial charge < -0.3 is 24.6 Å². The summed E-state index contributed by atoms with van der Waals surface area (Å²) in [5.74, 6) is -0.755. The molecule has 2 aliphatic rings. The molecule has 1 aliphatic heterocycles. The summed E-state index contributed by atoms with van der Waals surface area (Å²) < 4.78 is 10.6. The maximum absolute atomic E-state index is 13.2. The van der Waals surface area contributed by atoms with E-state index in [9.17, 15) is 14.4 Å². The summed E-state index contributed by atoms with van der Waals surface area (Å²) in [5, 5.41) is 2.70. The average Bonchev–Trinajstić information content (AvgIpc) is 3.17. The SMILES string of the molecule is CCOC(=O)[C@@H]1C[C@H](N(C)C(C)C)CCC1N1CC[C@H](NC(=O)OCc2ccccc2)C1=O. The van der Waals surface area contributed by atoms with Crippen molar-refractivity contribution in [1.29, 1.82) is 0 Å². The number of carbonyl (C=O) groups excluding carboxylic acids is 3. The fourth-order valence-electron chi connectivity index (χ4n) is 4.87. The molecule has 1 saturated heterocycles. The molecule has 0 radical (unpaired) electrons. The summed E-state index contributed by atoms with van der Waals surface area (Å²) in [7, 11) is 2.08. The molecule has 8 heteroatoms. The monoisotopic (exact) mass is 459 g/mol. The Morgan fingerprint density at radius 1 is 1.15 bits per heavy atom. The Balaban J connectivity index is 1.61. The number of likely N-dealkylation sites (tertiary alicyclic amines) is 1. The highest BCUT2D eigenvalue weighted by Gasteiger charge is 2.45. The average molecular weight is 460 g/mol. The molecule has 182 valence electrons. The van der Waals surface area contributed by atoms with Gasteiger partial charge in [-0.25, -0.2) is 4.79 Å². The molecule has 1 aromatic carbocycles. The van der Waals surface area contributed by atoms with E-state index in [1.807, 2.05) is 30.3 Å². The number of amides is 2. The van der Waals surface area contributed by atoms with Crippen molar-refractivity contribution in [2.75, 3.05) is 20.2 Å². The first-order chi connectivity index (χ1) is 15.8. The third kappa shape index (κ3) is 6.25. The number of benzene rings is 1. The summed E-state index contributed by atoms with van der Waals surface area (Å²) in [5.41, 5.74) is 0.882. The van der Waals surface area contributed by atoms with Gasteiger partial charge in [-0.1, -0.05) is 30.3 Å². The van der Waals surface area contributed by atoms with Gasteiger partial charge >= 0.3 is 12.1 Å². The van der Waals surface area contributed by atoms with E-state index >= 15 is 0 Å². The number of rotatable bonds is 8. The zero-order valence-electron chi connectivity index (χ0n) is 20.2. The quantitative estimate of drug-likeness (QED) is 0.602. The molecule has 0 bridgehead atoms. The third-order valence-corrected chi connectivity index (χ3v) is 6.91. The zero-order chi connectivity index (χ0) is 24.0. The summed E-state index contributed by atoms with van der Waals surface area (Å²) in [4.78, 5) is 42.3. The van der Waals surface area contributed by atoms with Crippen LogP contribution in [0.1, 0.15) is 52.0 Å².